The Kier molecular flexibility index (Phi) is 11.4. The molecule has 0 radical (unpaired) electrons. The van der Waals surface area contributed by atoms with Crippen LogP contribution in [0.2, 0.25) is 0 Å². The zero-order valence-electron chi connectivity index (χ0n) is 22.4. The molecule has 3 rings (SSSR count). The van der Waals surface area contributed by atoms with E-state index in [2.05, 4.69) is 51.0 Å². The van der Waals surface area contributed by atoms with E-state index >= 15 is 0 Å². The van der Waals surface area contributed by atoms with Crippen LogP contribution in [0.25, 0.3) is 0 Å². The van der Waals surface area contributed by atoms with Gasteiger partial charge in [-0.3, -0.25) is 9.59 Å². The second-order valence-electron chi connectivity index (χ2n) is 10.1. The molecule has 3 aromatic carbocycles. The Hall–Kier alpha value is -2.64. The lowest BCUT2D eigenvalue weighted by Gasteiger charge is -2.32. The maximum atomic E-state index is 13.8. The molecule has 0 fully saturated rings. The van der Waals surface area contributed by atoms with Crippen molar-refractivity contribution in [1.82, 2.24) is 10.2 Å². The smallest absolute Gasteiger partial charge is 0.261 e. The summed E-state index contributed by atoms with van der Waals surface area (Å²) in [5, 5.41) is 3.04. The molecule has 0 bridgehead atoms. The van der Waals surface area contributed by atoms with E-state index in [-0.39, 0.29) is 25.0 Å². The molecule has 0 saturated heterocycles. The van der Waals surface area contributed by atoms with E-state index < -0.39 is 6.04 Å². The molecule has 0 aliphatic heterocycles. The van der Waals surface area contributed by atoms with E-state index in [0.29, 0.717) is 30.6 Å². The monoisotopic (exact) mass is 642 g/mol. The van der Waals surface area contributed by atoms with Crippen molar-refractivity contribution in [1.29, 1.82) is 0 Å². The predicted molar refractivity (Wildman–Crippen MR) is 160 cm³/mol. The Morgan fingerprint density at radius 3 is 2.24 bits per heavy atom. The SMILES string of the molecule is CC(C)CNC(=O)C(Cc1ccccc1)N(Cc1cccc(Br)c1)C(=O)COc1ccc(C(C)C)cc1Br. The average molecular weight is 644 g/mol. The van der Waals surface area contributed by atoms with Crippen molar-refractivity contribution in [3.63, 3.8) is 0 Å². The van der Waals surface area contributed by atoms with Gasteiger partial charge in [-0.15, -0.1) is 0 Å². The zero-order chi connectivity index (χ0) is 27.7. The zero-order valence-corrected chi connectivity index (χ0v) is 25.6. The molecule has 3 aromatic rings. The fraction of sp³-hybridized carbons (Fsp3) is 0.355. The van der Waals surface area contributed by atoms with Crippen LogP contribution in [0.3, 0.4) is 0 Å². The number of hydrogen-bond acceptors (Lipinski definition) is 3. The van der Waals surface area contributed by atoms with Crippen LogP contribution < -0.4 is 10.1 Å². The third-order valence-corrected chi connectivity index (χ3v) is 7.28. The van der Waals surface area contributed by atoms with Crippen LogP contribution in [0, 0.1) is 5.92 Å². The number of nitrogens with one attached hydrogen (secondary N) is 1. The Morgan fingerprint density at radius 2 is 1.61 bits per heavy atom. The van der Waals surface area contributed by atoms with Gasteiger partial charge in [0.25, 0.3) is 5.91 Å². The van der Waals surface area contributed by atoms with Gasteiger partial charge in [0.1, 0.15) is 11.8 Å². The molecule has 0 aromatic heterocycles. The van der Waals surface area contributed by atoms with Gasteiger partial charge < -0.3 is 15.0 Å². The summed E-state index contributed by atoms with van der Waals surface area (Å²) in [6.45, 7) is 8.98. The highest BCUT2D eigenvalue weighted by Crippen LogP contribution is 2.29. The fourth-order valence-electron chi connectivity index (χ4n) is 4.02. The highest BCUT2D eigenvalue weighted by atomic mass is 79.9. The largest absolute Gasteiger partial charge is 0.483 e. The second kappa shape index (κ2) is 14.5. The van der Waals surface area contributed by atoms with Gasteiger partial charge in [0.2, 0.25) is 5.91 Å². The molecule has 1 N–H and O–H groups in total. The number of carbonyl (C=O) groups excluding carboxylic acids is 2. The van der Waals surface area contributed by atoms with Crippen LogP contribution in [0.5, 0.6) is 5.75 Å². The molecule has 7 heteroatoms. The molecule has 0 spiro atoms. The van der Waals surface area contributed by atoms with E-state index in [1.807, 2.05) is 86.6 Å². The standard InChI is InChI=1S/C31H36Br2N2O3/c1-21(2)18-34-31(37)28(16-23-9-6-5-7-10-23)35(19-24-11-8-12-26(32)15-24)30(36)20-38-29-14-13-25(22(3)4)17-27(29)33/h5-15,17,21-22,28H,16,18-20H2,1-4H3,(H,34,37). The van der Waals surface area contributed by atoms with Crippen LogP contribution in [0.4, 0.5) is 0 Å². The van der Waals surface area contributed by atoms with Crippen molar-refractivity contribution in [2.45, 2.75) is 52.6 Å². The molecular weight excluding hydrogens is 608 g/mol. The van der Waals surface area contributed by atoms with Crippen molar-refractivity contribution < 1.29 is 14.3 Å². The van der Waals surface area contributed by atoms with Crippen LogP contribution >= 0.6 is 31.9 Å². The van der Waals surface area contributed by atoms with Crippen LogP contribution in [0.1, 0.15) is 50.3 Å². The molecular formula is C31H36Br2N2O3. The summed E-state index contributed by atoms with van der Waals surface area (Å²) < 4.78 is 7.69. The first-order chi connectivity index (χ1) is 18.1. The quantitative estimate of drug-likeness (QED) is 0.229. The predicted octanol–water partition coefficient (Wildman–Crippen LogP) is 7.13. The lowest BCUT2D eigenvalue weighted by Crippen LogP contribution is -2.52. The lowest BCUT2D eigenvalue weighted by atomic mass is 10.0. The molecule has 5 nitrogen and oxygen atoms in total. The summed E-state index contributed by atoms with van der Waals surface area (Å²) >= 11 is 7.10. The highest BCUT2D eigenvalue weighted by molar-refractivity contribution is 9.10. The van der Waals surface area contributed by atoms with Gasteiger partial charge in [-0.2, -0.15) is 0 Å². The minimum Gasteiger partial charge on any atom is -0.483 e. The Labute approximate surface area is 243 Å². The summed E-state index contributed by atoms with van der Waals surface area (Å²) in [4.78, 5) is 28.9. The van der Waals surface area contributed by atoms with Gasteiger partial charge in [-0.05, 0) is 68.7 Å². The summed E-state index contributed by atoms with van der Waals surface area (Å²) in [5.41, 5.74) is 3.08. The fourth-order valence-corrected chi connectivity index (χ4v) is 4.98. The van der Waals surface area contributed by atoms with Crippen molar-refractivity contribution in [3.05, 3.63) is 98.4 Å². The number of halogens is 2. The molecule has 1 unspecified atom stereocenters. The third-order valence-electron chi connectivity index (χ3n) is 6.17. The topological polar surface area (TPSA) is 58.6 Å². The van der Waals surface area contributed by atoms with Gasteiger partial charge in [0.05, 0.1) is 4.47 Å². The van der Waals surface area contributed by atoms with Crippen molar-refractivity contribution >= 4 is 43.7 Å². The normalized spacial score (nSPS) is 11.9. The van der Waals surface area contributed by atoms with E-state index in [9.17, 15) is 9.59 Å². The molecule has 38 heavy (non-hydrogen) atoms. The van der Waals surface area contributed by atoms with Crippen molar-refractivity contribution in [3.8, 4) is 5.75 Å². The number of carbonyl (C=O) groups is 2. The summed E-state index contributed by atoms with van der Waals surface area (Å²) in [7, 11) is 0. The van der Waals surface area contributed by atoms with Gasteiger partial charge in [-0.25, -0.2) is 0 Å². The molecule has 0 aliphatic carbocycles. The second-order valence-corrected chi connectivity index (χ2v) is 11.9. The van der Waals surface area contributed by atoms with Gasteiger partial charge in [0, 0.05) is 24.0 Å². The van der Waals surface area contributed by atoms with Gasteiger partial charge in [0.15, 0.2) is 6.61 Å². The molecule has 2 amide bonds. The van der Waals surface area contributed by atoms with Gasteiger partial charge in [-0.1, -0.05) is 92.2 Å². The van der Waals surface area contributed by atoms with Crippen molar-refractivity contribution in [2.24, 2.45) is 5.92 Å². The molecule has 1 atom stereocenters. The van der Waals surface area contributed by atoms with Crippen molar-refractivity contribution in [2.75, 3.05) is 13.2 Å². The third kappa shape index (κ3) is 8.98. The van der Waals surface area contributed by atoms with Gasteiger partial charge >= 0.3 is 0 Å². The summed E-state index contributed by atoms with van der Waals surface area (Å²) in [6, 6.07) is 22.8. The number of ether oxygens (including phenoxy) is 1. The maximum absolute atomic E-state index is 13.8. The number of rotatable bonds is 12. The van der Waals surface area contributed by atoms with E-state index in [1.54, 1.807) is 4.90 Å². The molecule has 202 valence electrons. The van der Waals surface area contributed by atoms with Crippen LogP contribution in [0.15, 0.2) is 81.7 Å². The molecule has 0 heterocycles. The first kappa shape index (κ1) is 29.9. The summed E-state index contributed by atoms with van der Waals surface area (Å²) in [5.74, 6) is 0.832. The van der Waals surface area contributed by atoms with E-state index in [1.165, 1.54) is 5.56 Å². The Balaban J connectivity index is 1.90. The highest BCUT2D eigenvalue weighted by Gasteiger charge is 2.31. The molecule has 0 aliphatic rings. The first-order valence-electron chi connectivity index (χ1n) is 12.9. The van der Waals surface area contributed by atoms with E-state index in [4.69, 9.17) is 4.74 Å². The average Bonchev–Trinajstić information content (AvgIpc) is 2.89. The molecule has 0 saturated carbocycles. The number of nitrogens with zero attached hydrogens (tertiary/aromatic N) is 1. The number of hydrogen-bond donors (Lipinski definition) is 1. The maximum Gasteiger partial charge on any atom is 0.261 e. The lowest BCUT2D eigenvalue weighted by molar-refractivity contribution is -0.142. The minimum atomic E-state index is -0.696. The Morgan fingerprint density at radius 1 is 0.895 bits per heavy atom. The minimum absolute atomic E-state index is 0.173. The Bertz CT molecular complexity index is 1210. The van der Waals surface area contributed by atoms with E-state index in [0.717, 1.165) is 20.1 Å². The van der Waals surface area contributed by atoms with Crippen LogP contribution in [-0.2, 0) is 22.6 Å². The van der Waals surface area contributed by atoms with Crippen LogP contribution in [-0.4, -0.2) is 35.9 Å². The number of amides is 2. The summed E-state index contributed by atoms with van der Waals surface area (Å²) in [6.07, 6.45) is 0.400. The first-order valence-corrected chi connectivity index (χ1v) is 14.5. The number of benzene rings is 3.